The fourth-order valence-electron chi connectivity index (χ4n) is 2.25. The SMILES string of the molecule is CCCSc1cc(-c2ccccc2S(C)(=O)=O)ccc1C(N)=O. The molecule has 0 saturated heterocycles. The average molecular weight is 349 g/mol. The molecular formula is C17H19NO3S2. The zero-order chi connectivity index (χ0) is 17.0. The first kappa shape index (κ1) is 17.6. The van der Waals surface area contributed by atoms with Crippen molar-refractivity contribution in [2.24, 2.45) is 5.73 Å². The quantitative estimate of drug-likeness (QED) is 0.811. The van der Waals surface area contributed by atoms with Gasteiger partial charge in [0, 0.05) is 16.7 Å². The summed E-state index contributed by atoms with van der Waals surface area (Å²) in [5, 5.41) is 0. The number of carbonyl (C=O) groups excluding carboxylic acids is 1. The van der Waals surface area contributed by atoms with Crippen molar-refractivity contribution in [2.75, 3.05) is 12.0 Å². The molecule has 0 bridgehead atoms. The maximum absolute atomic E-state index is 12.0. The number of nitrogens with two attached hydrogens (primary N) is 1. The van der Waals surface area contributed by atoms with Crippen LogP contribution in [-0.2, 0) is 9.84 Å². The molecule has 0 aliphatic carbocycles. The van der Waals surface area contributed by atoms with Gasteiger partial charge in [0.05, 0.1) is 10.5 Å². The van der Waals surface area contributed by atoms with E-state index in [0.29, 0.717) is 11.1 Å². The van der Waals surface area contributed by atoms with E-state index in [9.17, 15) is 13.2 Å². The first-order valence-electron chi connectivity index (χ1n) is 7.20. The van der Waals surface area contributed by atoms with Gasteiger partial charge < -0.3 is 5.73 Å². The maximum Gasteiger partial charge on any atom is 0.249 e. The van der Waals surface area contributed by atoms with Crippen molar-refractivity contribution in [3.8, 4) is 11.1 Å². The molecular weight excluding hydrogens is 330 g/mol. The molecule has 23 heavy (non-hydrogen) atoms. The van der Waals surface area contributed by atoms with Crippen LogP contribution in [0.3, 0.4) is 0 Å². The van der Waals surface area contributed by atoms with Crippen molar-refractivity contribution in [1.82, 2.24) is 0 Å². The number of primary amides is 1. The van der Waals surface area contributed by atoms with Crippen LogP contribution in [0.5, 0.6) is 0 Å². The summed E-state index contributed by atoms with van der Waals surface area (Å²) in [5.41, 5.74) is 7.28. The predicted molar refractivity (Wildman–Crippen MR) is 94.5 cm³/mol. The lowest BCUT2D eigenvalue weighted by Crippen LogP contribution is -2.12. The molecule has 122 valence electrons. The minimum absolute atomic E-state index is 0.276. The predicted octanol–water partition coefficient (Wildman–Crippen LogP) is 3.36. The molecule has 2 N–H and O–H groups in total. The number of rotatable bonds is 6. The van der Waals surface area contributed by atoms with Gasteiger partial charge in [-0.15, -0.1) is 11.8 Å². The summed E-state index contributed by atoms with van der Waals surface area (Å²) in [6.07, 6.45) is 2.16. The Kier molecular flexibility index (Phi) is 5.49. The van der Waals surface area contributed by atoms with Crippen molar-refractivity contribution < 1.29 is 13.2 Å². The molecule has 2 aromatic carbocycles. The highest BCUT2D eigenvalue weighted by molar-refractivity contribution is 7.99. The average Bonchev–Trinajstić information content (AvgIpc) is 2.51. The van der Waals surface area contributed by atoms with E-state index in [1.165, 1.54) is 6.26 Å². The third-order valence-corrected chi connectivity index (χ3v) is 5.72. The number of carbonyl (C=O) groups is 1. The molecule has 0 aliphatic rings. The summed E-state index contributed by atoms with van der Waals surface area (Å²) in [4.78, 5) is 12.6. The first-order valence-corrected chi connectivity index (χ1v) is 10.1. The zero-order valence-electron chi connectivity index (χ0n) is 13.1. The summed E-state index contributed by atoms with van der Waals surface area (Å²) in [6.45, 7) is 2.06. The van der Waals surface area contributed by atoms with Crippen molar-refractivity contribution >= 4 is 27.5 Å². The Morgan fingerprint density at radius 3 is 2.48 bits per heavy atom. The van der Waals surface area contributed by atoms with Crippen LogP contribution in [0.1, 0.15) is 23.7 Å². The second-order valence-electron chi connectivity index (χ2n) is 5.19. The molecule has 0 heterocycles. The van der Waals surface area contributed by atoms with Gasteiger partial charge in [0.25, 0.3) is 0 Å². The molecule has 6 heteroatoms. The largest absolute Gasteiger partial charge is 0.366 e. The normalized spacial score (nSPS) is 11.4. The highest BCUT2D eigenvalue weighted by Crippen LogP contribution is 2.32. The second kappa shape index (κ2) is 7.19. The fraction of sp³-hybridized carbons (Fsp3) is 0.235. The zero-order valence-corrected chi connectivity index (χ0v) is 14.7. The van der Waals surface area contributed by atoms with E-state index in [2.05, 4.69) is 6.92 Å². The fourth-order valence-corrected chi connectivity index (χ4v) is 4.12. The molecule has 1 amide bonds. The Labute approximate surface area is 141 Å². The topological polar surface area (TPSA) is 77.2 Å². The molecule has 0 spiro atoms. The van der Waals surface area contributed by atoms with Crippen LogP contribution in [0.25, 0.3) is 11.1 Å². The highest BCUT2D eigenvalue weighted by atomic mass is 32.2. The third kappa shape index (κ3) is 4.14. The lowest BCUT2D eigenvalue weighted by Gasteiger charge is -2.12. The van der Waals surface area contributed by atoms with E-state index in [1.54, 1.807) is 48.2 Å². The van der Waals surface area contributed by atoms with Gasteiger partial charge in [-0.2, -0.15) is 0 Å². The molecule has 0 radical (unpaired) electrons. The summed E-state index contributed by atoms with van der Waals surface area (Å²) in [6, 6.07) is 12.1. The van der Waals surface area contributed by atoms with Gasteiger partial charge in [-0.25, -0.2) is 8.42 Å². The molecule has 2 rings (SSSR count). The number of benzene rings is 2. The van der Waals surface area contributed by atoms with Crippen molar-refractivity contribution in [2.45, 2.75) is 23.1 Å². The lowest BCUT2D eigenvalue weighted by atomic mass is 10.0. The number of amides is 1. The van der Waals surface area contributed by atoms with E-state index in [1.807, 2.05) is 6.07 Å². The van der Waals surface area contributed by atoms with E-state index in [4.69, 9.17) is 5.73 Å². The van der Waals surface area contributed by atoms with Crippen molar-refractivity contribution in [1.29, 1.82) is 0 Å². The summed E-state index contributed by atoms with van der Waals surface area (Å²) in [5.74, 6) is 0.379. The number of hydrogen-bond acceptors (Lipinski definition) is 4. The maximum atomic E-state index is 12.0. The molecule has 0 unspecified atom stereocenters. The summed E-state index contributed by atoms with van der Waals surface area (Å²) < 4.78 is 24.0. The van der Waals surface area contributed by atoms with Crippen molar-refractivity contribution in [3.05, 3.63) is 48.0 Å². The van der Waals surface area contributed by atoms with Crippen LogP contribution < -0.4 is 5.73 Å². The van der Waals surface area contributed by atoms with Gasteiger partial charge in [-0.1, -0.05) is 31.2 Å². The third-order valence-electron chi connectivity index (χ3n) is 3.31. The summed E-state index contributed by atoms with van der Waals surface area (Å²) in [7, 11) is -3.34. The molecule has 0 aliphatic heterocycles. The van der Waals surface area contributed by atoms with Crippen LogP contribution in [0.2, 0.25) is 0 Å². The molecule has 0 saturated carbocycles. The summed E-state index contributed by atoms with van der Waals surface area (Å²) >= 11 is 1.55. The van der Waals surface area contributed by atoms with Gasteiger partial charge in [-0.3, -0.25) is 4.79 Å². The van der Waals surface area contributed by atoms with E-state index >= 15 is 0 Å². The number of thioether (sulfide) groups is 1. The lowest BCUT2D eigenvalue weighted by molar-refractivity contribution is 0.0997. The van der Waals surface area contributed by atoms with Crippen molar-refractivity contribution in [3.63, 3.8) is 0 Å². The Balaban J connectivity index is 2.60. The molecule has 0 aromatic heterocycles. The Morgan fingerprint density at radius 1 is 1.17 bits per heavy atom. The molecule has 0 atom stereocenters. The number of hydrogen-bond donors (Lipinski definition) is 1. The van der Waals surface area contributed by atoms with Crippen LogP contribution in [0.15, 0.2) is 52.3 Å². The number of sulfone groups is 1. The van der Waals surface area contributed by atoms with Crippen LogP contribution in [0.4, 0.5) is 0 Å². The Morgan fingerprint density at radius 2 is 1.87 bits per heavy atom. The molecule has 0 fully saturated rings. The van der Waals surface area contributed by atoms with Gasteiger partial charge in [-0.05, 0) is 35.9 Å². The standard InChI is InChI=1S/C17H19NO3S2/c1-3-10-22-15-11-12(8-9-14(15)17(18)19)13-6-4-5-7-16(13)23(2,20)21/h4-9,11H,3,10H2,1-2H3,(H2,18,19). The Hall–Kier alpha value is -1.79. The van der Waals surface area contributed by atoms with E-state index in [-0.39, 0.29) is 4.90 Å². The first-order chi connectivity index (χ1) is 10.8. The monoisotopic (exact) mass is 349 g/mol. The minimum atomic E-state index is -3.34. The van der Waals surface area contributed by atoms with Crippen LogP contribution >= 0.6 is 11.8 Å². The Bertz CT molecular complexity index is 829. The van der Waals surface area contributed by atoms with Gasteiger partial charge >= 0.3 is 0 Å². The van der Waals surface area contributed by atoms with Gasteiger partial charge in [0.1, 0.15) is 0 Å². The minimum Gasteiger partial charge on any atom is -0.366 e. The van der Waals surface area contributed by atoms with Gasteiger partial charge in [0.2, 0.25) is 5.91 Å². The molecule has 4 nitrogen and oxygen atoms in total. The van der Waals surface area contributed by atoms with Crippen LogP contribution in [0, 0.1) is 0 Å². The van der Waals surface area contributed by atoms with Gasteiger partial charge in [0.15, 0.2) is 9.84 Å². The van der Waals surface area contributed by atoms with E-state index in [0.717, 1.165) is 22.6 Å². The second-order valence-corrected chi connectivity index (χ2v) is 8.31. The van der Waals surface area contributed by atoms with E-state index < -0.39 is 15.7 Å². The smallest absolute Gasteiger partial charge is 0.249 e. The van der Waals surface area contributed by atoms with Crippen LogP contribution in [-0.4, -0.2) is 26.3 Å². The molecule has 2 aromatic rings. The highest BCUT2D eigenvalue weighted by Gasteiger charge is 2.16.